The third-order valence-corrected chi connectivity index (χ3v) is 6.12. The summed E-state index contributed by atoms with van der Waals surface area (Å²) >= 11 is 11.7. The molecule has 30 heavy (non-hydrogen) atoms. The van der Waals surface area contributed by atoms with E-state index < -0.39 is 15.6 Å². The molecule has 11 heteroatoms. The van der Waals surface area contributed by atoms with Crippen molar-refractivity contribution < 1.29 is 22.5 Å². The highest BCUT2D eigenvalue weighted by Crippen LogP contribution is 2.27. The van der Waals surface area contributed by atoms with Crippen molar-refractivity contribution in [3.05, 3.63) is 64.2 Å². The fourth-order valence-corrected chi connectivity index (χ4v) is 4.03. The lowest BCUT2D eigenvalue weighted by Crippen LogP contribution is -2.13. The average molecular weight is 470 g/mol. The molecule has 0 aliphatic heterocycles. The van der Waals surface area contributed by atoms with Crippen LogP contribution in [0.4, 0.5) is 5.69 Å². The van der Waals surface area contributed by atoms with Crippen LogP contribution >= 0.6 is 23.2 Å². The minimum Gasteiger partial charge on any atom is -0.495 e. The first-order valence-electron chi connectivity index (χ1n) is 8.70. The summed E-state index contributed by atoms with van der Waals surface area (Å²) in [6.45, 7) is 0. The lowest BCUT2D eigenvalue weighted by Gasteiger charge is -2.10. The molecule has 1 heterocycles. The van der Waals surface area contributed by atoms with Crippen LogP contribution in [0.3, 0.4) is 0 Å². The molecule has 0 aliphatic carbocycles. The monoisotopic (exact) mass is 469 g/mol. The normalized spacial score (nSPS) is 11.3. The zero-order chi connectivity index (χ0) is 21.7. The summed E-state index contributed by atoms with van der Waals surface area (Å²) in [4.78, 5) is 16.4. The smallest absolute Gasteiger partial charge is 0.227 e. The summed E-state index contributed by atoms with van der Waals surface area (Å²) < 4.78 is 35.1. The number of benzene rings is 2. The maximum absolute atomic E-state index is 12.4. The molecule has 0 bridgehead atoms. The molecular formula is C19H17Cl2N3O5S. The average Bonchev–Trinajstić information content (AvgIpc) is 3.13. The number of hydrogen-bond acceptors (Lipinski definition) is 7. The quantitative estimate of drug-likeness (QED) is 0.531. The minimum atomic E-state index is -3.65. The van der Waals surface area contributed by atoms with Gasteiger partial charge in [-0.25, -0.2) is 8.42 Å². The highest BCUT2D eigenvalue weighted by Gasteiger charge is 2.20. The van der Waals surface area contributed by atoms with Crippen molar-refractivity contribution in [1.82, 2.24) is 10.1 Å². The van der Waals surface area contributed by atoms with Crippen LogP contribution in [0.25, 0.3) is 0 Å². The van der Waals surface area contributed by atoms with Crippen LogP contribution in [0.2, 0.25) is 10.0 Å². The molecule has 1 N–H and O–H groups in total. The molecule has 0 aliphatic rings. The maximum Gasteiger partial charge on any atom is 0.227 e. The molecule has 0 saturated carbocycles. The van der Waals surface area contributed by atoms with Crippen molar-refractivity contribution >= 4 is 44.6 Å². The fraction of sp³-hybridized carbons (Fsp3) is 0.211. The standard InChI is InChI=1S/C19H17Cl2N3O5S/c1-28-16-7-4-13(21)10-15(16)22-18(25)8-9-19-23-17(24-29-19)11-30(26,27)14-5-2-12(20)3-6-14/h2-7,10H,8-9,11H2,1H3,(H,22,25). The molecular weight excluding hydrogens is 453 g/mol. The van der Waals surface area contributed by atoms with Gasteiger partial charge in [-0.1, -0.05) is 28.4 Å². The Balaban J connectivity index is 1.59. The van der Waals surface area contributed by atoms with Gasteiger partial charge in [-0.05, 0) is 42.5 Å². The number of nitrogens with one attached hydrogen (secondary N) is 1. The number of anilines is 1. The lowest BCUT2D eigenvalue weighted by atomic mass is 10.2. The van der Waals surface area contributed by atoms with Crippen LogP contribution in [-0.2, 0) is 26.8 Å². The van der Waals surface area contributed by atoms with Crippen LogP contribution < -0.4 is 10.1 Å². The molecule has 2 aromatic carbocycles. The molecule has 8 nitrogen and oxygen atoms in total. The molecule has 0 atom stereocenters. The minimum absolute atomic E-state index is 0.0110. The third kappa shape index (κ3) is 5.71. The van der Waals surface area contributed by atoms with Gasteiger partial charge in [0.25, 0.3) is 0 Å². The zero-order valence-electron chi connectivity index (χ0n) is 15.8. The van der Waals surface area contributed by atoms with Crippen LogP contribution in [0, 0.1) is 0 Å². The number of methoxy groups -OCH3 is 1. The van der Waals surface area contributed by atoms with Gasteiger partial charge in [0.15, 0.2) is 15.7 Å². The molecule has 1 aromatic heterocycles. The number of halogens is 2. The van der Waals surface area contributed by atoms with Gasteiger partial charge >= 0.3 is 0 Å². The van der Waals surface area contributed by atoms with Crippen LogP contribution in [-0.4, -0.2) is 31.6 Å². The number of aryl methyl sites for hydroxylation is 1. The zero-order valence-corrected chi connectivity index (χ0v) is 18.1. The molecule has 0 radical (unpaired) electrons. The molecule has 0 saturated heterocycles. The van der Waals surface area contributed by atoms with E-state index in [4.69, 9.17) is 32.5 Å². The fourth-order valence-electron chi connectivity index (χ4n) is 2.56. The van der Waals surface area contributed by atoms with E-state index in [0.717, 1.165) is 0 Å². The van der Waals surface area contributed by atoms with E-state index in [1.54, 1.807) is 18.2 Å². The first-order valence-corrected chi connectivity index (χ1v) is 11.1. The van der Waals surface area contributed by atoms with Gasteiger partial charge in [0, 0.05) is 22.9 Å². The predicted octanol–water partition coefficient (Wildman–Crippen LogP) is 3.93. The first kappa shape index (κ1) is 22.1. The van der Waals surface area contributed by atoms with Gasteiger partial charge in [0.1, 0.15) is 11.5 Å². The second-order valence-corrected chi connectivity index (χ2v) is 9.07. The van der Waals surface area contributed by atoms with Crippen molar-refractivity contribution in [3.63, 3.8) is 0 Å². The van der Waals surface area contributed by atoms with Crippen LogP contribution in [0.1, 0.15) is 18.1 Å². The largest absolute Gasteiger partial charge is 0.495 e. The van der Waals surface area contributed by atoms with Gasteiger partial charge < -0.3 is 14.6 Å². The van der Waals surface area contributed by atoms with Crippen molar-refractivity contribution in [2.75, 3.05) is 12.4 Å². The van der Waals surface area contributed by atoms with Gasteiger partial charge in [0.05, 0.1) is 17.7 Å². The van der Waals surface area contributed by atoms with Crippen molar-refractivity contribution in [2.24, 2.45) is 0 Å². The van der Waals surface area contributed by atoms with Crippen molar-refractivity contribution in [3.8, 4) is 5.75 Å². The Kier molecular flexibility index (Phi) is 6.96. The van der Waals surface area contributed by atoms with Gasteiger partial charge in [-0.15, -0.1) is 0 Å². The van der Waals surface area contributed by atoms with Gasteiger partial charge in [-0.3, -0.25) is 4.79 Å². The number of amides is 1. The number of carbonyl (C=O) groups excluding carboxylic acids is 1. The highest BCUT2D eigenvalue weighted by atomic mass is 35.5. The second-order valence-electron chi connectivity index (χ2n) is 6.21. The molecule has 0 spiro atoms. The maximum atomic E-state index is 12.4. The summed E-state index contributed by atoms with van der Waals surface area (Å²) in [5.41, 5.74) is 0.440. The van der Waals surface area contributed by atoms with E-state index in [-0.39, 0.29) is 35.4 Å². The Labute approximate surface area is 183 Å². The third-order valence-electron chi connectivity index (χ3n) is 4.00. The van der Waals surface area contributed by atoms with E-state index in [9.17, 15) is 13.2 Å². The Morgan fingerprint density at radius 2 is 1.83 bits per heavy atom. The summed E-state index contributed by atoms with van der Waals surface area (Å²) in [7, 11) is -2.17. The first-order chi connectivity index (χ1) is 14.3. The Morgan fingerprint density at radius 1 is 1.13 bits per heavy atom. The van der Waals surface area contributed by atoms with Gasteiger partial charge in [0.2, 0.25) is 11.8 Å². The summed E-state index contributed by atoms with van der Waals surface area (Å²) in [5, 5.41) is 7.27. The van der Waals surface area contributed by atoms with E-state index in [2.05, 4.69) is 15.5 Å². The number of sulfone groups is 1. The number of carbonyl (C=O) groups is 1. The van der Waals surface area contributed by atoms with E-state index in [0.29, 0.717) is 21.5 Å². The molecule has 3 rings (SSSR count). The van der Waals surface area contributed by atoms with E-state index >= 15 is 0 Å². The van der Waals surface area contributed by atoms with Crippen molar-refractivity contribution in [2.45, 2.75) is 23.5 Å². The molecule has 158 valence electrons. The SMILES string of the molecule is COc1ccc(Cl)cc1NC(=O)CCc1nc(CS(=O)(=O)c2ccc(Cl)cc2)no1. The topological polar surface area (TPSA) is 111 Å². The van der Waals surface area contributed by atoms with Gasteiger partial charge in [-0.2, -0.15) is 4.98 Å². The molecule has 0 fully saturated rings. The molecule has 1 amide bonds. The number of aromatic nitrogens is 2. The highest BCUT2D eigenvalue weighted by molar-refractivity contribution is 7.90. The second kappa shape index (κ2) is 9.46. The number of nitrogens with zero attached hydrogens (tertiary/aromatic N) is 2. The summed E-state index contributed by atoms with van der Waals surface area (Å²) in [6, 6.07) is 10.7. The number of hydrogen-bond donors (Lipinski definition) is 1. The summed E-state index contributed by atoms with van der Waals surface area (Å²) in [5.74, 6) is -0.102. The Bertz CT molecular complexity index is 1150. The summed E-state index contributed by atoms with van der Waals surface area (Å²) in [6.07, 6.45) is 0.184. The van der Waals surface area contributed by atoms with Crippen LogP contribution in [0.15, 0.2) is 51.9 Å². The Morgan fingerprint density at radius 3 is 2.53 bits per heavy atom. The van der Waals surface area contributed by atoms with E-state index in [1.165, 1.54) is 31.4 Å². The molecule has 3 aromatic rings. The molecule has 0 unspecified atom stereocenters. The van der Waals surface area contributed by atoms with E-state index in [1.807, 2.05) is 0 Å². The van der Waals surface area contributed by atoms with Crippen LogP contribution in [0.5, 0.6) is 5.75 Å². The number of rotatable bonds is 8. The number of ether oxygens (including phenoxy) is 1. The van der Waals surface area contributed by atoms with Crippen molar-refractivity contribution in [1.29, 1.82) is 0 Å². The Hall–Kier alpha value is -2.62. The predicted molar refractivity (Wildman–Crippen MR) is 112 cm³/mol. The lowest BCUT2D eigenvalue weighted by molar-refractivity contribution is -0.116.